The van der Waals surface area contributed by atoms with E-state index in [1.54, 1.807) is 26.4 Å². The Labute approximate surface area is 173 Å². The van der Waals surface area contributed by atoms with Crippen LogP contribution in [0.1, 0.15) is 34.3 Å². The molecule has 0 N–H and O–H groups in total. The van der Waals surface area contributed by atoms with Crippen molar-refractivity contribution in [1.82, 2.24) is 10.2 Å². The number of aryl methyl sites for hydroxylation is 2. The van der Waals surface area contributed by atoms with Gasteiger partial charge in [0.05, 0.1) is 20.0 Å². The molecule has 0 unspecified atom stereocenters. The molecular formula is C22H22N2O4S. The van der Waals surface area contributed by atoms with E-state index in [0.29, 0.717) is 22.6 Å². The molecule has 0 bridgehead atoms. The van der Waals surface area contributed by atoms with E-state index >= 15 is 0 Å². The summed E-state index contributed by atoms with van der Waals surface area (Å²) in [6.45, 7) is 0. The van der Waals surface area contributed by atoms with Gasteiger partial charge in [-0.1, -0.05) is 23.9 Å². The lowest BCUT2D eigenvalue weighted by atomic mass is 9.90. The Kier molecular flexibility index (Phi) is 5.85. The highest BCUT2D eigenvalue weighted by Gasteiger charge is 2.16. The second kappa shape index (κ2) is 8.69. The molecule has 0 fully saturated rings. The maximum Gasteiger partial charge on any atom is 0.277 e. The quantitative estimate of drug-likeness (QED) is 0.416. The first-order valence-electron chi connectivity index (χ1n) is 9.51. The topological polar surface area (TPSA) is 74.5 Å². The number of ketones is 1. The van der Waals surface area contributed by atoms with Gasteiger partial charge in [0.2, 0.25) is 5.89 Å². The van der Waals surface area contributed by atoms with E-state index in [-0.39, 0.29) is 11.5 Å². The third-order valence-electron chi connectivity index (χ3n) is 5.03. The Balaban J connectivity index is 1.42. The van der Waals surface area contributed by atoms with Crippen molar-refractivity contribution in [2.45, 2.75) is 30.9 Å². The molecule has 3 aromatic rings. The van der Waals surface area contributed by atoms with Gasteiger partial charge in [-0.3, -0.25) is 4.79 Å². The summed E-state index contributed by atoms with van der Waals surface area (Å²) in [6, 6.07) is 11.4. The first kappa shape index (κ1) is 19.5. The van der Waals surface area contributed by atoms with E-state index in [1.807, 2.05) is 18.2 Å². The molecule has 0 aliphatic heterocycles. The van der Waals surface area contributed by atoms with Gasteiger partial charge in [-0.15, -0.1) is 10.2 Å². The lowest BCUT2D eigenvalue weighted by Crippen LogP contribution is -2.07. The highest BCUT2D eigenvalue weighted by Crippen LogP contribution is 2.32. The Morgan fingerprint density at radius 3 is 2.59 bits per heavy atom. The predicted octanol–water partition coefficient (Wildman–Crippen LogP) is 4.61. The van der Waals surface area contributed by atoms with Crippen molar-refractivity contribution in [3.05, 3.63) is 53.1 Å². The first-order chi connectivity index (χ1) is 14.2. The number of benzene rings is 2. The molecule has 150 valence electrons. The first-order valence-corrected chi connectivity index (χ1v) is 10.5. The number of aromatic nitrogens is 2. The fourth-order valence-corrected chi connectivity index (χ4v) is 4.13. The second-order valence-corrected chi connectivity index (χ2v) is 7.77. The van der Waals surface area contributed by atoms with Gasteiger partial charge >= 0.3 is 0 Å². The molecule has 0 radical (unpaired) electrons. The summed E-state index contributed by atoms with van der Waals surface area (Å²) in [5.74, 6) is 1.90. The van der Waals surface area contributed by atoms with Gasteiger partial charge in [-0.25, -0.2) is 0 Å². The fraction of sp³-hybridized carbons (Fsp3) is 0.318. The van der Waals surface area contributed by atoms with Crippen molar-refractivity contribution in [1.29, 1.82) is 0 Å². The third kappa shape index (κ3) is 4.29. The molecule has 7 heteroatoms. The third-order valence-corrected chi connectivity index (χ3v) is 5.85. The van der Waals surface area contributed by atoms with Crippen LogP contribution in [0, 0.1) is 0 Å². The molecule has 1 aliphatic rings. The van der Waals surface area contributed by atoms with Crippen LogP contribution in [0.4, 0.5) is 0 Å². The summed E-state index contributed by atoms with van der Waals surface area (Å²) < 4.78 is 16.3. The number of thioether (sulfide) groups is 1. The van der Waals surface area contributed by atoms with Gasteiger partial charge in [0.1, 0.15) is 0 Å². The number of rotatable bonds is 7. The molecule has 29 heavy (non-hydrogen) atoms. The van der Waals surface area contributed by atoms with Crippen LogP contribution in [0.5, 0.6) is 11.5 Å². The number of hydrogen-bond acceptors (Lipinski definition) is 7. The van der Waals surface area contributed by atoms with Crippen molar-refractivity contribution in [3.63, 3.8) is 0 Å². The van der Waals surface area contributed by atoms with Crippen LogP contribution >= 0.6 is 11.8 Å². The predicted molar refractivity (Wildman–Crippen MR) is 111 cm³/mol. The Hall–Kier alpha value is -2.80. The molecule has 4 rings (SSSR count). The second-order valence-electron chi connectivity index (χ2n) is 6.85. The highest BCUT2D eigenvalue weighted by molar-refractivity contribution is 7.99. The lowest BCUT2D eigenvalue weighted by Gasteiger charge is -2.16. The Morgan fingerprint density at radius 2 is 1.79 bits per heavy atom. The summed E-state index contributed by atoms with van der Waals surface area (Å²) in [6.07, 6.45) is 4.59. The molecule has 0 amide bonds. The van der Waals surface area contributed by atoms with Gasteiger partial charge in [-0.05, 0) is 61.1 Å². The van der Waals surface area contributed by atoms with Crippen LogP contribution < -0.4 is 9.47 Å². The van der Waals surface area contributed by atoms with Crippen molar-refractivity contribution < 1.29 is 18.7 Å². The summed E-state index contributed by atoms with van der Waals surface area (Å²) in [4.78, 5) is 12.6. The van der Waals surface area contributed by atoms with Crippen molar-refractivity contribution >= 4 is 17.5 Å². The molecule has 1 aliphatic carbocycles. The number of methoxy groups -OCH3 is 2. The zero-order valence-electron chi connectivity index (χ0n) is 16.4. The number of carbonyl (C=O) groups excluding carboxylic acids is 1. The average molecular weight is 410 g/mol. The van der Waals surface area contributed by atoms with Crippen molar-refractivity contribution in [2.75, 3.05) is 20.0 Å². The van der Waals surface area contributed by atoms with Crippen LogP contribution in [-0.2, 0) is 12.8 Å². The van der Waals surface area contributed by atoms with Crippen LogP contribution in [0.3, 0.4) is 0 Å². The summed E-state index contributed by atoms with van der Waals surface area (Å²) >= 11 is 1.25. The zero-order valence-corrected chi connectivity index (χ0v) is 17.3. The van der Waals surface area contributed by atoms with E-state index < -0.39 is 0 Å². The minimum absolute atomic E-state index is 0.0641. The number of hydrogen-bond donors (Lipinski definition) is 0. The summed E-state index contributed by atoms with van der Waals surface area (Å²) in [5.41, 5.74) is 4.15. The van der Waals surface area contributed by atoms with Crippen molar-refractivity contribution in [2.24, 2.45) is 0 Å². The largest absolute Gasteiger partial charge is 0.493 e. The SMILES string of the molecule is COc1ccc(-c2nnc(SCC(=O)c3ccc4c(c3)CCCC4)o2)cc1OC. The fourth-order valence-electron chi connectivity index (χ4n) is 3.47. The monoisotopic (exact) mass is 410 g/mol. The van der Waals surface area contributed by atoms with E-state index in [9.17, 15) is 4.79 Å². The molecule has 1 heterocycles. The number of fused-ring (bicyclic) bond motifs is 1. The van der Waals surface area contributed by atoms with E-state index in [2.05, 4.69) is 16.3 Å². The molecular weight excluding hydrogens is 388 g/mol. The summed E-state index contributed by atoms with van der Waals surface area (Å²) in [5, 5.41) is 8.49. The molecule has 0 saturated carbocycles. The van der Waals surface area contributed by atoms with E-state index in [0.717, 1.165) is 24.0 Å². The van der Waals surface area contributed by atoms with Gasteiger partial charge in [0, 0.05) is 11.1 Å². The van der Waals surface area contributed by atoms with Crippen LogP contribution in [-0.4, -0.2) is 36.0 Å². The Bertz CT molecular complexity index is 1030. The van der Waals surface area contributed by atoms with Crippen LogP contribution in [0.2, 0.25) is 0 Å². The summed E-state index contributed by atoms with van der Waals surface area (Å²) in [7, 11) is 3.15. The van der Waals surface area contributed by atoms with Gasteiger partial charge in [-0.2, -0.15) is 0 Å². The van der Waals surface area contributed by atoms with Gasteiger partial charge in [0.15, 0.2) is 17.3 Å². The zero-order chi connectivity index (χ0) is 20.2. The van der Waals surface area contributed by atoms with Crippen LogP contribution in [0.15, 0.2) is 46.0 Å². The van der Waals surface area contributed by atoms with E-state index in [4.69, 9.17) is 13.9 Å². The van der Waals surface area contributed by atoms with E-state index in [1.165, 1.54) is 35.7 Å². The molecule has 6 nitrogen and oxygen atoms in total. The standard InChI is InChI=1S/C22H22N2O4S/c1-26-19-10-9-17(12-20(19)27-2)21-23-24-22(28-21)29-13-18(25)16-8-7-14-5-3-4-6-15(14)11-16/h7-12H,3-6,13H2,1-2H3. The highest BCUT2D eigenvalue weighted by atomic mass is 32.2. The molecule has 0 atom stereocenters. The number of ether oxygens (including phenoxy) is 2. The molecule has 0 spiro atoms. The molecule has 2 aromatic carbocycles. The normalized spacial score (nSPS) is 13.0. The minimum Gasteiger partial charge on any atom is -0.493 e. The van der Waals surface area contributed by atoms with Gasteiger partial charge < -0.3 is 13.9 Å². The lowest BCUT2D eigenvalue weighted by molar-refractivity contribution is 0.102. The minimum atomic E-state index is 0.0641. The average Bonchev–Trinajstić information content (AvgIpc) is 3.25. The molecule has 0 saturated heterocycles. The maximum atomic E-state index is 12.6. The van der Waals surface area contributed by atoms with Crippen LogP contribution in [0.25, 0.3) is 11.5 Å². The maximum absolute atomic E-state index is 12.6. The number of Topliss-reactive ketones (excluding diaryl/α,β-unsaturated/α-hetero) is 1. The Morgan fingerprint density at radius 1 is 1.00 bits per heavy atom. The number of carbonyl (C=O) groups is 1. The van der Waals surface area contributed by atoms with Crippen molar-refractivity contribution in [3.8, 4) is 23.0 Å². The number of nitrogens with zero attached hydrogens (tertiary/aromatic N) is 2. The van der Waals surface area contributed by atoms with Gasteiger partial charge in [0.25, 0.3) is 5.22 Å². The molecule has 1 aromatic heterocycles. The smallest absolute Gasteiger partial charge is 0.277 e.